The third kappa shape index (κ3) is 3.75. The molecule has 94 valence electrons. The van der Waals surface area contributed by atoms with Gasteiger partial charge in [-0.15, -0.1) is 0 Å². The first-order valence-corrected chi connectivity index (χ1v) is 5.86. The Morgan fingerprint density at radius 1 is 1.47 bits per heavy atom. The first-order chi connectivity index (χ1) is 8.06. The van der Waals surface area contributed by atoms with E-state index in [1.54, 1.807) is 18.2 Å². The normalized spacial score (nSPS) is 14.1. The monoisotopic (exact) mass is 236 g/mol. The molecule has 2 unspecified atom stereocenters. The van der Waals surface area contributed by atoms with Crippen molar-refractivity contribution in [3.8, 4) is 5.75 Å². The number of carbonyl (C=O) groups excluding carboxylic acids is 1. The molecule has 1 aromatic rings. The van der Waals surface area contributed by atoms with Crippen molar-refractivity contribution in [3.63, 3.8) is 0 Å². The lowest BCUT2D eigenvalue weighted by Crippen LogP contribution is -2.44. The third-order valence-electron chi connectivity index (χ3n) is 3.00. The predicted molar refractivity (Wildman–Crippen MR) is 67.4 cm³/mol. The molecule has 0 aliphatic heterocycles. The van der Waals surface area contributed by atoms with Gasteiger partial charge in [-0.05, 0) is 12.0 Å². The van der Waals surface area contributed by atoms with E-state index in [2.05, 4.69) is 5.32 Å². The molecule has 0 fully saturated rings. The minimum absolute atomic E-state index is 0.152. The van der Waals surface area contributed by atoms with Gasteiger partial charge in [0, 0.05) is 12.1 Å². The number of amides is 1. The number of phenols is 1. The van der Waals surface area contributed by atoms with Crippen molar-refractivity contribution in [3.05, 3.63) is 29.8 Å². The summed E-state index contributed by atoms with van der Waals surface area (Å²) >= 11 is 0. The number of rotatable bonds is 5. The van der Waals surface area contributed by atoms with E-state index in [1.807, 2.05) is 19.9 Å². The number of para-hydroxylation sites is 1. The SMILES string of the molecule is CCC(C)C(N)C(=O)NCc1ccccc1O. The van der Waals surface area contributed by atoms with Crippen molar-refractivity contribution in [2.45, 2.75) is 32.9 Å². The van der Waals surface area contributed by atoms with E-state index in [-0.39, 0.29) is 17.6 Å². The highest BCUT2D eigenvalue weighted by Gasteiger charge is 2.18. The maximum atomic E-state index is 11.7. The zero-order chi connectivity index (χ0) is 12.8. The van der Waals surface area contributed by atoms with Gasteiger partial charge >= 0.3 is 0 Å². The summed E-state index contributed by atoms with van der Waals surface area (Å²) in [5.74, 6) is 0.159. The molecule has 0 saturated heterocycles. The second kappa shape index (κ2) is 6.25. The summed E-state index contributed by atoms with van der Waals surface area (Å²) in [5, 5.41) is 12.3. The Kier molecular flexibility index (Phi) is 4.97. The van der Waals surface area contributed by atoms with Crippen LogP contribution in [0.1, 0.15) is 25.8 Å². The second-order valence-electron chi connectivity index (χ2n) is 4.26. The molecular weight excluding hydrogens is 216 g/mol. The second-order valence-corrected chi connectivity index (χ2v) is 4.26. The molecule has 1 aromatic carbocycles. The number of nitrogens with one attached hydrogen (secondary N) is 1. The van der Waals surface area contributed by atoms with Gasteiger partial charge in [-0.25, -0.2) is 0 Å². The molecular formula is C13H20N2O2. The molecule has 0 aliphatic carbocycles. The largest absolute Gasteiger partial charge is 0.508 e. The Balaban J connectivity index is 2.51. The van der Waals surface area contributed by atoms with Gasteiger partial charge in [-0.2, -0.15) is 0 Å². The number of aromatic hydroxyl groups is 1. The molecule has 0 bridgehead atoms. The van der Waals surface area contributed by atoms with Gasteiger partial charge in [-0.3, -0.25) is 4.79 Å². The van der Waals surface area contributed by atoms with Gasteiger partial charge < -0.3 is 16.2 Å². The van der Waals surface area contributed by atoms with Gasteiger partial charge in [0.2, 0.25) is 5.91 Å². The maximum absolute atomic E-state index is 11.7. The van der Waals surface area contributed by atoms with E-state index < -0.39 is 6.04 Å². The van der Waals surface area contributed by atoms with Crippen molar-refractivity contribution in [1.29, 1.82) is 0 Å². The summed E-state index contributed by atoms with van der Waals surface area (Å²) in [4.78, 5) is 11.7. The minimum Gasteiger partial charge on any atom is -0.508 e. The number of benzene rings is 1. The maximum Gasteiger partial charge on any atom is 0.237 e. The summed E-state index contributed by atoms with van der Waals surface area (Å²) in [6, 6.07) is 6.42. The fourth-order valence-corrected chi connectivity index (χ4v) is 1.47. The Hall–Kier alpha value is -1.55. The standard InChI is InChI=1S/C13H20N2O2/c1-3-9(2)12(14)13(17)15-8-10-6-4-5-7-11(10)16/h4-7,9,12,16H,3,8,14H2,1-2H3,(H,15,17). The van der Waals surface area contributed by atoms with Crippen LogP contribution < -0.4 is 11.1 Å². The van der Waals surface area contributed by atoms with Crippen molar-refractivity contribution in [2.75, 3.05) is 0 Å². The smallest absolute Gasteiger partial charge is 0.237 e. The van der Waals surface area contributed by atoms with Crippen LogP contribution in [0.25, 0.3) is 0 Å². The van der Waals surface area contributed by atoms with E-state index in [9.17, 15) is 9.90 Å². The zero-order valence-electron chi connectivity index (χ0n) is 10.3. The van der Waals surface area contributed by atoms with E-state index in [4.69, 9.17) is 5.73 Å². The van der Waals surface area contributed by atoms with Crippen LogP contribution in [0.4, 0.5) is 0 Å². The topological polar surface area (TPSA) is 75.4 Å². The molecule has 4 N–H and O–H groups in total. The highest BCUT2D eigenvalue weighted by molar-refractivity contribution is 5.81. The first kappa shape index (κ1) is 13.5. The summed E-state index contributed by atoms with van der Waals surface area (Å²) in [7, 11) is 0. The van der Waals surface area contributed by atoms with Crippen LogP contribution in [0.15, 0.2) is 24.3 Å². The molecule has 17 heavy (non-hydrogen) atoms. The minimum atomic E-state index is -0.495. The van der Waals surface area contributed by atoms with Crippen LogP contribution >= 0.6 is 0 Å². The molecule has 0 radical (unpaired) electrons. The van der Waals surface area contributed by atoms with Gasteiger partial charge in [-0.1, -0.05) is 38.5 Å². The van der Waals surface area contributed by atoms with Gasteiger partial charge in [0.1, 0.15) is 5.75 Å². The van der Waals surface area contributed by atoms with Gasteiger partial charge in [0.15, 0.2) is 0 Å². The predicted octanol–water partition coefficient (Wildman–Crippen LogP) is 1.38. The first-order valence-electron chi connectivity index (χ1n) is 5.86. The van der Waals surface area contributed by atoms with Crippen molar-refractivity contribution < 1.29 is 9.90 Å². The summed E-state index contributed by atoms with van der Waals surface area (Å²) in [6.07, 6.45) is 0.866. The molecule has 0 spiro atoms. The fourth-order valence-electron chi connectivity index (χ4n) is 1.47. The molecule has 1 rings (SSSR count). The van der Waals surface area contributed by atoms with Crippen molar-refractivity contribution >= 4 is 5.91 Å². The number of hydrogen-bond donors (Lipinski definition) is 3. The van der Waals surface area contributed by atoms with E-state index in [0.717, 1.165) is 6.42 Å². The third-order valence-corrected chi connectivity index (χ3v) is 3.00. The number of nitrogens with two attached hydrogens (primary N) is 1. The summed E-state index contributed by atoms with van der Waals surface area (Å²) in [6.45, 7) is 4.25. The quantitative estimate of drug-likeness (QED) is 0.723. The number of hydrogen-bond acceptors (Lipinski definition) is 3. The van der Waals surface area contributed by atoms with E-state index in [1.165, 1.54) is 0 Å². The molecule has 0 saturated carbocycles. The van der Waals surface area contributed by atoms with Crippen molar-refractivity contribution in [2.24, 2.45) is 11.7 Å². The Labute approximate surface area is 102 Å². The van der Waals surface area contributed by atoms with Crippen LogP contribution in [0.3, 0.4) is 0 Å². The van der Waals surface area contributed by atoms with Crippen LogP contribution in [0, 0.1) is 5.92 Å². The van der Waals surface area contributed by atoms with Crippen molar-refractivity contribution in [1.82, 2.24) is 5.32 Å². The van der Waals surface area contributed by atoms with E-state index >= 15 is 0 Å². The van der Waals surface area contributed by atoms with Crippen LogP contribution in [0.2, 0.25) is 0 Å². The highest BCUT2D eigenvalue weighted by Crippen LogP contribution is 2.15. The Morgan fingerprint density at radius 2 is 2.12 bits per heavy atom. The lowest BCUT2D eigenvalue weighted by Gasteiger charge is -2.17. The highest BCUT2D eigenvalue weighted by atomic mass is 16.3. The average molecular weight is 236 g/mol. The fraction of sp³-hybridized carbons (Fsp3) is 0.462. The number of phenolic OH excluding ortho intramolecular Hbond substituents is 1. The molecule has 4 heteroatoms. The molecule has 0 aromatic heterocycles. The Bertz CT molecular complexity index is 379. The molecule has 4 nitrogen and oxygen atoms in total. The van der Waals surface area contributed by atoms with Gasteiger partial charge in [0.05, 0.1) is 6.04 Å². The van der Waals surface area contributed by atoms with Gasteiger partial charge in [0.25, 0.3) is 0 Å². The summed E-state index contributed by atoms with van der Waals surface area (Å²) < 4.78 is 0. The number of carbonyl (C=O) groups is 1. The molecule has 1 amide bonds. The Morgan fingerprint density at radius 3 is 2.71 bits per heavy atom. The zero-order valence-corrected chi connectivity index (χ0v) is 10.3. The van der Waals surface area contributed by atoms with Crippen LogP contribution in [-0.2, 0) is 11.3 Å². The molecule has 0 heterocycles. The lowest BCUT2D eigenvalue weighted by molar-refractivity contribution is -0.123. The molecule has 2 atom stereocenters. The lowest BCUT2D eigenvalue weighted by atomic mass is 9.99. The van der Waals surface area contributed by atoms with E-state index in [0.29, 0.717) is 12.1 Å². The summed E-state index contributed by atoms with van der Waals surface area (Å²) in [5.41, 5.74) is 6.49. The van der Waals surface area contributed by atoms with Crippen LogP contribution in [-0.4, -0.2) is 17.1 Å². The average Bonchev–Trinajstić information content (AvgIpc) is 2.35. The van der Waals surface area contributed by atoms with Crippen LogP contribution in [0.5, 0.6) is 5.75 Å². The molecule has 0 aliphatic rings.